The molecule has 0 aliphatic carbocycles. The van der Waals surface area contributed by atoms with Crippen molar-refractivity contribution in [2.24, 2.45) is 4.40 Å². The molecular weight excluding hydrogens is 444 g/mol. The number of hydrogen-bond donors (Lipinski definition) is 0. The monoisotopic (exact) mass is 466 g/mol. The number of hydrogen-bond acceptors (Lipinski definition) is 7. The average molecular weight is 467 g/mol. The molecule has 0 bridgehead atoms. The summed E-state index contributed by atoms with van der Waals surface area (Å²) in [6.45, 7) is 2.42. The van der Waals surface area contributed by atoms with Gasteiger partial charge in [-0.05, 0) is 49.6 Å². The van der Waals surface area contributed by atoms with E-state index in [9.17, 15) is 18.0 Å². The lowest BCUT2D eigenvalue weighted by atomic mass is 10.1. The number of rotatable bonds is 3. The van der Waals surface area contributed by atoms with Crippen LogP contribution in [0.1, 0.15) is 47.2 Å². The van der Waals surface area contributed by atoms with Gasteiger partial charge in [0, 0.05) is 30.0 Å². The Morgan fingerprint density at radius 3 is 2.82 bits per heavy atom. The van der Waals surface area contributed by atoms with Crippen molar-refractivity contribution in [1.29, 1.82) is 0 Å². The van der Waals surface area contributed by atoms with Gasteiger partial charge in [0.25, 0.3) is 10.0 Å². The Hall–Kier alpha value is -3.46. The van der Waals surface area contributed by atoms with Crippen LogP contribution in [-0.4, -0.2) is 26.8 Å². The molecule has 2 aliphatic rings. The maximum Gasteiger partial charge on any atom is 0.338 e. The van der Waals surface area contributed by atoms with Gasteiger partial charge in [0.05, 0.1) is 11.3 Å². The fourth-order valence-electron chi connectivity index (χ4n) is 4.29. The van der Waals surface area contributed by atoms with Crippen molar-refractivity contribution in [3.8, 4) is 0 Å². The van der Waals surface area contributed by atoms with Crippen molar-refractivity contribution in [1.82, 2.24) is 0 Å². The van der Waals surface area contributed by atoms with Crippen LogP contribution >= 0.6 is 0 Å². The van der Waals surface area contributed by atoms with E-state index < -0.39 is 21.6 Å². The molecule has 0 N–H and O–H groups in total. The summed E-state index contributed by atoms with van der Waals surface area (Å²) >= 11 is 0. The Morgan fingerprint density at radius 1 is 1.12 bits per heavy atom. The van der Waals surface area contributed by atoms with Crippen molar-refractivity contribution >= 4 is 38.5 Å². The van der Waals surface area contributed by atoms with Gasteiger partial charge < -0.3 is 14.1 Å². The summed E-state index contributed by atoms with van der Waals surface area (Å²) in [7, 11) is -3.91. The number of sulfonamides is 1. The van der Waals surface area contributed by atoms with E-state index in [2.05, 4.69) is 4.40 Å². The highest BCUT2D eigenvalue weighted by atomic mass is 32.2. The third-order valence-corrected chi connectivity index (χ3v) is 7.26. The Bertz CT molecular complexity index is 1470. The number of carbonyl (C=O) groups excluding carboxylic acids is 1. The molecule has 1 aromatic heterocycles. The lowest BCUT2D eigenvalue weighted by Gasteiger charge is -2.29. The largest absolute Gasteiger partial charge is 0.457 e. The molecule has 0 spiro atoms. The number of esters is 1. The second-order valence-electron chi connectivity index (χ2n) is 8.29. The predicted molar refractivity (Wildman–Crippen MR) is 123 cm³/mol. The molecule has 9 heteroatoms. The van der Waals surface area contributed by atoms with Crippen LogP contribution in [-0.2, 0) is 21.4 Å². The zero-order valence-corrected chi connectivity index (χ0v) is 18.9. The second kappa shape index (κ2) is 8.15. The third-order valence-electron chi connectivity index (χ3n) is 5.93. The number of anilines is 1. The first-order chi connectivity index (χ1) is 15.8. The molecule has 0 unspecified atom stereocenters. The standard InChI is InChI=1S/C24H22N2O6S/c1-15-6-8-18-17(13-23(27)32-20(18)11-15)14-31-24(28)16-7-9-19-21(12-16)33(29,30)25-22-5-3-2-4-10-26(19)22/h6-9,11-13H,2-5,10,14H2,1H3. The van der Waals surface area contributed by atoms with E-state index in [1.54, 1.807) is 24.3 Å². The Morgan fingerprint density at radius 2 is 1.97 bits per heavy atom. The average Bonchev–Trinajstić information content (AvgIpc) is 3.01. The number of aryl methyl sites for hydroxylation is 1. The minimum absolute atomic E-state index is 0.00359. The van der Waals surface area contributed by atoms with Gasteiger partial charge in [-0.3, -0.25) is 0 Å². The zero-order chi connectivity index (χ0) is 23.2. The highest BCUT2D eigenvalue weighted by molar-refractivity contribution is 7.90. The molecule has 3 heterocycles. The summed E-state index contributed by atoms with van der Waals surface area (Å²) in [6.07, 6.45) is 3.47. The van der Waals surface area contributed by atoms with Crippen LogP contribution in [0.5, 0.6) is 0 Å². The highest BCUT2D eigenvalue weighted by Gasteiger charge is 2.32. The van der Waals surface area contributed by atoms with Crippen LogP contribution in [0.4, 0.5) is 5.69 Å². The van der Waals surface area contributed by atoms with Crippen molar-refractivity contribution in [3.63, 3.8) is 0 Å². The second-order valence-corrected chi connectivity index (χ2v) is 9.87. The molecule has 1 fully saturated rings. The fraction of sp³-hybridized carbons (Fsp3) is 0.292. The van der Waals surface area contributed by atoms with Crippen LogP contribution in [0.25, 0.3) is 11.0 Å². The number of fused-ring (bicyclic) bond motifs is 4. The zero-order valence-electron chi connectivity index (χ0n) is 18.0. The lowest BCUT2D eigenvalue weighted by molar-refractivity contribution is 0.0473. The lowest BCUT2D eigenvalue weighted by Crippen LogP contribution is -2.35. The highest BCUT2D eigenvalue weighted by Crippen LogP contribution is 2.35. The molecule has 0 radical (unpaired) electrons. The minimum Gasteiger partial charge on any atom is -0.457 e. The Balaban J connectivity index is 1.43. The van der Waals surface area contributed by atoms with E-state index in [0.29, 0.717) is 41.0 Å². The summed E-state index contributed by atoms with van der Waals surface area (Å²) in [5.41, 5.74) is 1.98. The summed E-state index contributed by atoms with van der Waals surface area (Å²) in [4.78, 5) is 26.6. The van der Waals surface area contributed by atoms with Crippen LogP contribution in [0.15, 0.2) is 61.0 Å². The van der Waals surface area contributed by atoms with Gasteiger partial charge in [-0.1, -0.05) is 18.6 Å². The van der Waals surface area contributed by atoms with E-state index >= 15 is 0 Å². The normalized spacial score (nSPS) is 17.0. The molecule has 33 heavy (non-hydrogen) atoms. The van der Waals surface area contributed by atoms with Crippen LogP contribution in [0.2, 0.25) is 0 Å². The van der Waals surface area contributed by atoms with Gasteiger partial charge >= 0.3 is 11.6 Å². The van der Waals surface area contributed by atoms with Gasteiger partial charge in [-0.25, -0.2) is 9.59 Å². The quantitative estimate of drug-likeness (QED) is 0.425. The predicted octanol–water partition coefficient (Wildman–Crippen LogP) is 3.94. The molecule has 2 aliphatic heterocycles. The smallest absolute Gasteiger partial charge is 0.338 e. The van der Waals surface area contributed by atoms with E-state index in [-0.39, 0.29) is 17.1 Å². The van der Waals surface area contributed by atoms with Gasteiger partial charge in [0.1, 0.15) is 22.9 Å². The summed E-state index contributed by atoms with van der Waals surface area (Å²) in [5.74, 6) is -0.132. The van der Waals surface area contributed by atoms with Gasteiger partial charge in [-0.2, -0.15) is 8.42 Å². The first-order valence-electron chi connectivity index (χ1n) is 10.8. The summed E-state index contributed by atoms with van der Waals surface area (Å²) < 4.78 is 40.3. The van der Waals surface area contributed by atoms with Gasteiger partial charge in [-0.15, -0.1) is 4.40 Å². The van der Waals surface area contributed by atoms with Crippen molar-refractivity contribution in [2.45, 2.75) is 44.1 Å². The van der Waals surface area contributed by atoms with E-state index in [0.717, 1.165) is 24.8 Å². The van der Waals surface area contributed by atoms with Crippen molar-refractivity contribution in [3.05, 3.63) is 69.6 Å². The SMILES string of the molecule is Cc1ccc2c(COC(=O)c3ccc4c(c3)S(=O)(=O)N=C3CCCCCN34)cc(=O)oc2c1. The third kappa shape index (κ3) is 4.04. The van der Waals surface area contributed by atoms with E-state index in [1.165, 1.54) is 12.1 Å². The maximum absolute atomic E-state index is 12.8. The van der Waals surface area contributed by atoms with Crippen LogP contribution < -0.4 is 10.5 Å². The molecule has 2 aromatic carbocycles. The fourth-order valence-corrected chi connectivity index (χ4v) is 5.57. The Labute approximate surface area is 190 Å². The van der Waals surface area contributed by atoms with Crippen molar-refractivity contribution < 1.29 is 22.4 Å². The first kappa shape index (κ1) is 21.4. The van der Waals surface area contributed by atoms with Gasteiger partial charge in [0.2, 0.25) is 0 Å². The van der Waals surface area contributed by atoms with Gasteiger partial charge in [0.15, 0.2) is 0 Å². The summed E-state index contributed by atoms with van der Waals surface area (Å²) in [6, 6.07) is 11.2. The van der Waals surface area contributed by atoms with Crippen LogP contribution in [0.3, 0.4) is 0 Å². The number of benzene rings is 2. The van der Waals surface area contributed by atoms with Crippen molar-refractivity contribution in [2.75, 3.05) is 11.4 Å². The molecule has 0 saturated carbocycles. The minimum atomic E-state index is -3.91. The number of nitrogens with zero attached hydrogens (tertiary/aromatic N) is 2. The summed E-state index contributed by atoms with van der Waals surface area (Å²) in [5, 5.41) is 0.670. The molecule has 5 rings (SSSR count). The molecule has 0 amide bonds. The molecule has 8 nitrogen and oxygen atoms in total. The number of carbonyl (C=O) groups is 1. The van der Waals surface area contributed by atoms with E-state index in [1.807, 2.05) is 17.9 Å². The molecule has 3 aromatic rings. The number of ether oxygens (including phenoxy) is 1. The van der Waals surface area contributed by atoms with Crippen LogP contribution in [0, 0.1) is 6.92 Å². The maximum atomic E-state index is 12.8. The number of amidine groups is 1. The van der Waals surface area contributed by atoms with E-state index in [4.69, 9.17) is 9.15 Å². The first-order valence-corrected chi connectivity index (χ1v) is 12.2. The Kier molecular flexibility index (Phi) is 5.28. The molecule has 0 atom stereocenters. The topological polar surface area (TPSA) is 106 Å². The molecule has 1 saturated heterocycles. The molecular formula is C24H22N2O6S. The molecule has 170 valence electrons.